The molecule has 1 aromatic rings. The summed E-state index contributed by atoms with van der Waals surface area (Å²) >= 11 is 0. The summed E-state index contributed by atoms with van der Waals surface area (Å²) in [4.78, 5) is 0. The highest BCUT2D eigenvalue weighted by Gasteiger charge is 2.18. The van der Waals surface area contributed by atoms with Gasteiger partial charge in [-0.3, -0.25) is 5.41 Å². The minimum atomic E-state index is -1.17. The molecule has 1 rings (SSSR count). The van der Waals surface area contributed by atoms with Gasteiger partial charge in [0, 0.05) is 5.56 Å². The topological polar surface area (TPSA) is 88.6 Å². The van der Waals surface area contributed by atoms with Crippen molar-refractivity contribution in [3.8, 4) is 11.5 Å². The van der Waals surface area contributed by atoms with Gasteiger partial charge in [-0.05, 0) is 6.07 Å². The highest BCUT2D eigenvalue weighted by atomic mass is 16.5. The Morgan fingerprint density at radius 1 is 1.40 bits per heavy atom. The van der Waals surface area contributed by atoms with Gasteiger partial charge in [0.05, 0.1) is 14.2 Å². The fourth-order valence-electron chi connectivity index (χ4n) is 1.29. The van der Waals surface area contributed by atoms with Crippen LogP contribution in [-0.4, -0.2) is 25.2 Å². The molecule has 0 saturated heterocycles. The first-order valence-electron chi connectivity index (χ1n) is 4.34. The fraction of sp³-hybridized carbons (Fsp3) is 0.300. The predicted octanol–water partition coefficient (Wildman–Crippen LogP) is 0.673. The largest absolute Gasteiger partial charge is 0.493 e. The van der Waals surface area contributed by atoms with Crippen molar-refractivity contribution in [1.82, 2.24) is 0 Å². The van der Waals surface area contributed by atoms with E-state index in [9.17, 15) is 5.11 Å². The van der Waals surface area contributed by atoms with Crippen LogP contribution in [0.15, 0.2) is 18.2 Å². The van der Waals surface area contributed by atoms with Gasteiger partial charge in [-0.1, -0.05) is 12.1 Å². The van der Waals surface area contributed by atoms with Crippen LogP contribution in [-0.2, 0) is 0 Å². The number of rotatable bonds is 4. The van der Waals surface area contributed by atoms with Crippen molar-refractivity contribution < 1.29 is 14.6 Å². The van der Waals surface area contributed by atoms with Crippen molar-refractivity contribution in [3.05, 3.63) is 23.8 Å². The molecule has 1 aromatic carbocycles. The summed E-state index contributed by atoms with van der Waals surface area (Å²) in [6.07, 6.45) is -1.17. The van der Waals surface area contributed by atoms with Crippen LogP contribution in [0.4, 0.5) is 0 Å². The van der Waals surface area contributed by atoms with Crippen molar-refractivity contribution in [3.63, 3.8) is 0 Å². The molecule has 0 aliphatic rings. The molecule has 0 aliphatic carbocycles. The van der Waals surface area contributed by atoms with Crippen molar-refractivity contribution >= 4 is 5.84 Å². The summed E-state index contributed by atoms with van der Waals surface area (Å²) in [6.45, 7) is 0. The summed E-state index contributed by atoms with van der Waals surface area (Å²) in [7, 11) is 2.97. The number of hydrogen-bond donors (Lipinski definition) is 3. The van der Waals surface area contributed by atoms with Crippen LogP contribution in [0, 0.1) is 5.41 Å². The summed E-state index contributed by atoms with van der Waals surface area (Å²) in [5.41, 5.74) is 5.64. The van der Waals surface area contributed by atoms with Gasteiger partial charge in [-0.25, -0.2) is 0 Å². The molecule has 4 N–H and O–H groups in total. The van der Waals surface area contributed by atoms with E-state index in [0.29, 0.717) is 17.1 Å². The van der Waals surface area contributed by atoms with Gasteiger partial charge in [0.25, 0.3) is 0 Å². The van der Waals surface area contributed by atoms with Gasteiger partial charge in [-0.2, -0.15) is 0 Å². The van der Waals surface area contributed by atoms with Crippen LogP contribution in [0.2, 0.25) is 0 Å². The fourth-order valence-corrected chi connectivity index (χ4v) is 1.29. The SMILES string of the molecule is COc1cccc([C@@H](O)C(=N)N)c1OC. The zero-order valence-electron chi connectivity index (χ0n) is 8.65. The lowest BCUT2D eigenvalue weighted by Gasteiger charge is -2.15. The maximum absolute atomic E-state index is 9.64. The quantitative estimate of drug-likeness (QED) is 0.503. The Hall–Kier alpha value is -1.75. The third-order valence-corrected chi connectivity index (χ3v) is 2.02. The third-order valence-electron chi connectivity index (χ3n) is 2.02. The monoisotopic (exact) mass is 210 g/mol. The number of benzene rings is 1. The van der Waals surface area contributed by atoms with Crippen molar-refractivity contribution in [2.24, 2.45) is 5.73 Å². The third kappa shape index (κ3) is 2.19. The number of nitrogens with two attached hydrogens (primary N) is 1. The number of aliphatic hydroxyl groups excluding tert-OH is 1. The maximum Gasteiger partial charge on any atom is 0.166 e. The van der Waals surface area contributed by atoms with Gasteiger partial charge < -0.3 is 20.3 Å². The molecule has 1 atom stereocenters. The van der Waals surface area contributed by atoms with E-state index in [1.165, 1.54) is 14.2 Å². The molecule has 0 spiro atoms. The Kier molecular flexibility index (Phi) is 3.51. The first-order chi connectivity index (χ1) is 7.11. The van der Waals surface area contributed by atoms with Gasteiger partial charge in [0.15, 0.2) is 11.5 Å². The van der Waals surface area contributed by atoms with E-state index in [0.717, 1.165) is 0 Å². The number of ether oxygens (including phenoxy) is 2. The zero-order chi connectivity index (χ0) is 11.4. The summed E-state index contributed by atoms with van der Waals surface area (Å²) in [5.74, 6) is 0.555. The minimum Gasteiger partial charge on any atom is -0.493 e. The first-order valence-corrected chi connectivity index (χ1v) is 4.34. The van der Waals surface area contributed by atoms with Crippen LogP contribution in [0.3, 0.4) is 0 Å². The van der Waals surface area contributed by atoms with Gasteiger partial charge in [0.2, 0.25) is 0 Å². The van der Waals surface area contributed by atoms with E-state index < -0.39 is 6.10 Å². The molecule has 0 bridgehead atoms. The number of amidine groups is 1. The van der Waals surface area contributed by atoms with E-state index in [1.54, 1.807) is 18.2 Å². The molecule has 82 valence electrons. The Bertz CT molecular complexity index is 366. The average molecular weight is 210 g/mol. The van der Waals surface area contributed by atoms with Crippen LogP contribution in [0.1, 0.15) is 11.7 Å². The van der Waals surface area contributed by atoms with Crippen molar-refractivity contribution in [2.75, 3.05) is 14.2 Å². The standard InChI is InChI=1S/C10H14N2O3/c1-14-7-5-3-4-6(9(7)15-2)8(13)10(11)12/h3-5,8,13H,1-2H3,(H3,11,12)/t8-/m1/s1. The lowest BCUT2D eigenvalue weighted by atomic mass is 10.1. The Morgan fingerprint density at radius 3 is 2.53 bits per heavy atom. The first kappa shape index (κ1) is 11.3. The number of para-hydroxylation sites is 1. The summed E-state index contributed by atoms with van der Waals surface area (Å²) in [5, 5.41) is 16.8. The predicted molar refractivity (Wildman–Crippen MR) is 56.4 cm³/mol. The van der Waals surface area contributed by atoms with E-state index in [1.807, 2.05) is 0 Å². The maximum atomic E-state index is 9.64. The van der Waals surface area contributed by atoms with E-state index in [4.69, 9.17) is 20.6 Å². The van der Waals surface area contributed by atoms with Crippen LogP contribution in [0.25, 0.3) is 0 Å². The second-order valence-corrected chi connectivity index (χ2v) is 2.94. The smallest absolute Gasteiger partial charge is 0.166 e. The normalized spacial score (nSPS) is 11.9. The zero-order valence-corrected chi connectivity index (χ0v) is 8.65. The highest BCUT2D eigenvalue weighted by molar-refractivity contribution is 5.83. The molecule has 0 heterocycles. The van der Waals surface area contributed by atoms with Gasteiger partial charge >= 0.3 is 0 Å². The van der Waals surface area contributed by atoms with Crippen molar-refractivity contribution in [1.29, 1.82) is 5.41 Å². The number of methoxy groups -OCH3 is 2. The molecular formula is C10H14N2O3. The van der Waals surface area contributed by atoms with Gasteiger partial charge in [0.1, 0.15) is 11.9 Å². The number of aliphatic hydroxyl groups is 1. The molecule has 0 saturated carbocycles. The Labute approximate surface area is 87.9 Å². The Morgan fingerprint density at radius 2 is 2.07 bits per heavy atom. The molecule has 0 aromatic heterocycles. The summed E-state index contributed by atoms with van der Waals surface area (Å²) < 4.78 is 10.2. The van der Waals surface area contributed by atoms with E-state index in [-0.39, 0.29) is 5.84 Å². The molecule has 0 unspecified atom stereocenters. The van der Waals surface area contributed by atoms with Crippen LogP contribution < -0.4 is 15.2 Å². The summed E-state index contributed by atoms with van der Waals surface area (Å²) in [6, 6.07) is 5.03. The second kappa shape index (κ2) is 4.65. The number of nitrogens with one attached hydrogen (secondary N) is 1. The van der Waals surface area contributed by atoms with Crippen LogP contribution in [0.5, 0.6) is 11.5 Å². The molecular weight excluding hydrogens is 196 g/mol. The van der Waals surface area contributed by atoms with E-state index in [2.05, 4.69) is 0 Å². The molecule has 5 heteroatoms. The minimum absolute atomic E-state index is 0.332. The molecule has 0 aliphatic heterocycles. The van der Waals surface area contributed by atoms with E-state index >= 15 is 0 Å². The van der Waals surface area contributed by atoms with Crippen LogP contribution >= 0.6 is 0 Å². The highest BCUT2D eigenvalue weighted by Crippen LogP contribution is 2.34. The molecule has 0 fully saturated rings. The Balaban J connectivity index is 3.22. The molecule has 15 heavy (non-hydrogen) atoms. The number of hydrogen-bond acceptors (Lipinski definition) is 4. The lowest BCUT2D eigenvalue weighted by Crippen LogP contribution is -2.20. The van der Waals surface area contributed by atoms with Gasteiger partial charge in [-0.15, -0.1) is 0 Å². The molecule has 5 nitrogen and oxygen atoms in total. The molecule has 0 radical (unpaired) electrons. The second-order valence-electron chi connectivity index (χ2n) is 2.94. The molecule has 0 amide bonds. The van der Waals surface area contributed by atoms with Crippen molar-refractivity contribution in [2.45, 2.75) is 6.10 Å². The lowest BCUT2D eigenvalue weighted by molar-refractivity contribution is 0.236. The average Bonchev–Trinajstić information content (AvgIpc) is 2.26.